The number of hydrogen-bond donors (Lipinski definition) is 1. The second-order valence-corrected chi connectivity index (χ2v) is 7.52. The number of anilines is 1. The highest BCUT2D eigenvalue weighted by atomic mass is 35.5. The van der Waals surface area contributed by atoms with Crippen LogP contribution in [0.2, 0.25) is 10.0 Å². The molecular formula is C20H13Cl2N3O3S. The summed E-state index contributed by atoms with van der Waals surface area (Å²) in [6.45, 7) is 0. The molecule has 1 amide bonds. The smallest absolute Gasteiger partial charge is 0.339 e. The van der Waals surface area contributed by atoms with Crippen molar-refractivity contribution in [2.45, 2.75) is 5.92 Å². The zero-order chi connectivity index (χ0) is 21.0. The maximum Gasteiger partial charge on any atom is 0.339 e. The van der Waals surface area contributed by atoms with Gasteiger partial charge < -0.3 is 10.1 Å². The molecule has 0 bridgehead atoms. The molecule has 0 unspecified atom stereocenters. The highest BCUT2D eigenvalue weighted by Crippen LogP contribution is 2.33. The normalized spacial score (nSPS) is 11.4. The molecule has 2 aromatic carbocycles. The number of rotatable bonds is 5. The fourth-order valence-electron chi connectivity index (χ4n) is 2.55. The molecule has 0 fully saturated rings. The first-order chi connectivity index (χ1) is 13.9. The van der Waals surface area contributed by atoms with Crippen LogP contribution in [-0.4, -0.2) is 24.0 Å². The zero-order valence-corrected chi connectivity index (χ0v) is 17.3. The summed E-state index contributed by atoms with van der Waals surface area (Å²) in [5, 5.41) is 15.1. The van der Waals surface area contributed by atoms with Crippen molar-refractivity contribution >= 4 is 52.1 Å². The van der Waals surface area contributed by atoms with Gasteiger partial charge in [0.25, 0.3) is 0 Å². The van der Waals surface area contributed by atoms with E-state index in [1.807, 2.05) is 6.07 Å². The number of benzene rings is 2. The quantitative estimate of drug-likeness (QED) is 0.548. The van der Waals surface area contributed by atoms with Crippen molar-refractivity contribution in [1.82, 2.24) is 4.98 Å². The lowest BCUT2D eigenvalue weighted by Crippen LogP contribution is -2.21. The first-order valence-corrected chi connectivity index (χ1v) is 9.86. The van der Waals surface area contributed by atoms with Gasteiger partial charge in [-0.15, -0.1) is 11.3 Å². The molecule has 146 valence electrons. The van der Waals surface area contributed by atoms with Crippen LogP contribution in [0.4, 0.5) is 5.69 Å². The van der Waals surface area contributed by atoms with Gasteiger partial charge in [-0.3, -0.25) is 4.79 Å². The molecule has 0 aliphatic carbocycles. The van der Waals surface area contributed by atoms with Gasteiger partial charge >= 0.3 is 5.97 Å². The molecule has 1 atom stereocenters. The van der Waals surface area contributed by atoms with Gasteiger partial charge in [-0.2, -0.15) is 5.26 Å². The molecule has 29 heavy (non-hydrogen) atoms. The number of carbonyl (C=O) groups excluding carboxylic acids is 2. The molecule has 0 aliphatic heterocycles. The third kappa shape index (κ3) is 4.57. The summed E-state index contributed by atoms with van der Waals surface area (Å²) in [5.74, 6) is -2.36. The van der Waals surface area contributed by atoms with E-state index in [1.54, 1.807) is 41.8 Å². The number of esters is 1. The van der Waals surface area contributed by atoms with Crippen molar-refractivity contribution in [3.8, 4) is 17.3 Å². The predicted octanol–water partition coefficient (Wildman–Crippen LogP) is 5.15. The van der Waals surface area contributed by atoms with E-state index in [9.17, 15) is 14.9 Å². The molecular weight excluding hydrogens is 433 g/mol. The number of aromatic nitrogens is 1. The number of nitrogens with one attached hydrogen (secondary N) is 1. The van der Waals surface area contributed by atoms with E-state index in [4.69, 9.17) is 27.9 Å². The molecule has 1 heterocycles. The molecule has 6 nitrogen and oxygen atoms in total. The van der Waals surface area contributed by atoms with Crippen LogP contribution >= 0.6 is 34.5 Å². The second kappa shape index (κ2) is 9.05. The topological polar surface area (TPSA) is 92.1 Å². The molecule has 0 radical (unpaired) electrons. The van der Waals surface area contributed by atoms with Crippen LogP contribution in [0.5, 0.6) is 0 Å². The van der Waals surface area contributed by atoms with Gasteiger partial charge in [0, 0.05) is 16.0 Å². The minimum Gasteiger partial charge on any atom is -0.465 e. The van der Waals surface area contributed by atoms with E-state index >= 15 is 0 Å². The molecule has 9 heteroatoms. The number of para-hydroxylation sites is 1. The molecule has 0 saturated heterocycles. The Balaban J connectivity index is 1.86. The SMILES string of the molecule is COC(=O)c1ccccc1NC(=O)[C@H](C#N)c1nc(-c2ccc(Cl)cc2Cl)cs1. The molecule has 0 spiro atoms. The summed E-state index contributed by atoms with van der Waals surface area (Å²) >= 11 is 13.3. The molecule has 0 saturated carbocycles. The van der Waals surface area contributed by atoms with Crippen LogP contribution in [0, 0.1) is 11.3 Å². The van der Waals surface area contributed by atoms with E-state index in [1.165, 1.54) is 24.5 Å². The fourth-order valence-corrected chi connectivity index (χ4v) is 3.92. The predicted molar refractivity (Wildman–Crippen MR) is 112 cm³/mol. The second-order valence-electron chi connectivity index (χ2n) is 5.78. The van der Waals surface area contributed by atoms with Gasteiger partial charge in [-0.1, -0.05) is 35.3 Å². The first kappa shape index (κ1) is 20.8. The van der Waals surface area contributed by atoms with Gasteiger partial charge in [0.15, 0.2) is 5.92 Å². The number of hydrogen-bond acceptors (Lipinski definition) is 6. The number of halogens is 2. The van der Waals surface area contributed by atoms with Crippen LogP contribution in [0.25, 0.3) is 11.3 Å². The molecule has 0 aliphatic rings. The number of nitriles is 1. The number of carbonyl (C=O) groups is 2. The molecule has 3 rings (SSSR count). The van der Waals surface area contributed by atoms with E-state index in [0.717, 1.165) is 0 Å². The van der Waals surface area contributed by atoms with Crippen molar-refractivity contribution < 1.29 is 14.3 Å². The van der Waals surface area contributed by atoms with Crippen LogP contribution in [0.3, 0.4) is 0 Å². The van der Waals surface area contributed by atoms with Crippen LogP contribution in [-0.2, 0) is 9.53 Å². The highest BCUT2D eigenvalue weighted by molar-refractivity contribution is 7.10. The van der Waals surface area contributed by atoms with Gasteiger partial charge in [-0.25, -0.2) is 9.78 Å². The Morgan fingerprint density at radius 2 is 2.00 bits per heavy atom. The highest BCUT2D eigenvalue weighted by Gasteiger charge is 2.26. The maximum atomic E-state index is 12.7. The number of methoxy groups -OCH3 is 1. The maximum absolute atomic E-state index is 12.7. The number of amides is 1. The lowest BCUT2D eigenvalue weighted by Gasteiger charge is -2.11. The third-order valence-corrected chi connectivity index (χ3v) is 5.41. The zero-order valence-electron chi connectivity index (χ0n) is 15.0. The Kier molecular flexibility index (Phi) is 6.49. The van der Waals surface area contributed by atoms with Crippen molar-refractivity contribution in [3.63, 3.8) is 0 Å². The number of ether oxygens (including phenoxy) is 1. The average Bonchev–Trinajstić information content (AvgIpc) is 3.17. The van der Waals surface area contributed by atoms with Crippen molar-refractivity contribution in [2.75, 3.05) is 12.4 Å². The van der Waals surface area contributed by atoms with Crippen LogP contribution < -0.4 is 5.32 Å². The first-order valence-electron chi connectivity index (χ1n) is 8.23. The van der Waals surface area contributed by atoms with Crippen LogP contribution in [0.1, 0.15) is 21.3 Å². The fraction of sp³-hybridized carbons (Fsp3) is 0.100. The summed E-state index contributed by atoms with van der Waals surface area (Å²) in [4.78, 5) is 29.0. The summed E-state index contributed by atoms with van der Waals surface area (Å²) in [7, 11) is 1.25. The van der Waals surface area contributed by atoms with E-state index < -0.39 is 17.8 Å². The van der Waals surface area contributed by atoms with Gasteiger partial charge in [0.1, 0.15) is 5.01 Å². The van der Waals surface area contributed by atoms with Crippen LogP contribution in [0.15, 0.2) is 47.8 Å². The Hall–Kier alpha value is -2.92. The van der Waals surface area contributed by atoms with E-state index in [2.05, 4.69) is 10.3 Å². The number of nitrogens with zero attached hydrogens (tertiary/aromatic N) is 2. The molecule has 3 aromatic rings. The lowest BCUT2D eigenvalue weighted by atomic mass is 10.1. The molecule has 1 N–H and O–H groups in total. The Labute approximate surface area is 180 Å². The Morgan fingerprint density at radius 3 is 2.69 bits per heavy atom. The third-order valence-electron chi connectivity index (χ3n) is 3.96. The lowest BCUT2D eigenvalue weighted by molar-refractivity contribution is -0.116. The largest absolute Gasteiger partial charge is 0.465 e. The summed E-state index contributed by atoms with van der Waals surface area (Å²) < 4.78 is 4.71. The summed E-state index contributed by atoms with van der Waals surface area (Å²) in [6, 6.07) is 13.3. The van der Waals surface area contributed by atoms with Crippen molar-refractivity contribution in [3.05, 3.63) is 68.5 Å². The minimum absolute atomic E-state index is 0.188. The average molecular weight is 446 g/mol. The van der Waals surface area contributed by atoms with Crippen molar-refractivity contribution in [2.24, 2.45) is 0 Å². The Bertz CT molecular complexity index is 1120. The Morgan fingerprint density at radius 1 is 1.24 bits per heavy atom. The standard InChI is InChI=1S/C20H13Cl2N3O3S/c1-28-20(27)13-4-2-3-5-16(13)24-18(26)14(9-23)19-25-17(10-29-19)12-7-6-11(21)8-15(12)22/h2-8,10,14H,1H3,(H,24,26)/t14-/m0/s1. The van der Waals surface area contributed by atoms with E-state index in [0.29, 0.717) is 26.3 Å². The van der Waals surface area contributed by atoms with Gasteiger partial charge in [-0.05, 0) is 30.3 Å². The van der Waals surface area contributed by atoms with Crippen molar-refractivity contribution in [1.29, 1.82) is 5.26 Å². The van der Waals surface area contributed by atoms with Gasteiger partial charge in [0.2, 0.25) is 5.91 Å². The van der Waals surface area contributed by atoms with Gasteiger partial charge in [0.05, 0.1) is 35.1 Å². The van der Waals surface area contributed by atoms with E-state index in [-0.39, 0.29) is 11.3 Å². The summed E-state index contributed by atoms with van der Waals surface area (Å²) in [6.07, 6.45) is 0. The summed E-state index contributed by atoms with van der Waals surface area (Å²) in [5.41, 5.74) is 1.62. The monoisotopic (exact) mass is 445 g/mol. The minimum atomic E-state index is -1.16. The number of thiazole rings is 1. The molecule has 1 aromatic heterocycles.